The predicted octanol–water partition coefficient (Wildman–Crippen LogP) is 3.00. The maximum Gasteiger partial charge on any atom is 0.346 e. The largest absolute Gasteiger partial charge is 0.477 e. The van der Waals surface area contributed by atoms with E-state index in [0.717, 1.165) is 64.3 Å². The number of anilines is 2. The predicted molar refractivity (Wildman–Crippen MR) is 151 cm³/mol. The quantitative estimate of drug-likeness (QED) is 0.368. The molecule has 3 aromatic rings. The summed E-state index contributed by atoms with van der Waals surface area (Å²) in [7, 11) is 10.8. The number of fused-ring (bicyclic) bond motifs is 1. The van der Waals surface area contributed by atoms with E-state index in [1.165, 1.54) is 16.9 Å². The van der Waals surface area contributed by atoms with Crippen molar-refractivity contribution in [2.24, 2.45) is 0 Å². The van der Waals surface area contributed by atoms with Gasteiger partial charge in [-0.2, -0.15) is 0 Å². The summed E-state index contributed by atoms with van der Waals surface area (Å²) in [6.45, 7) is 4.99. The maximum absolute atomic E-state index is 11.3. The number of aromatic carboxylic acids is 1. The van der Waals surface area contributed by atoms with Gasteiger partial charge in [0.25, 0.3) is 0 Å². The summed E-state index contributed by atoms with van der Waals surface area (Å²) in [5, 5.41) is 14.6. The molecule has 0 fully saturated rings. The van der Waals surface area contributed by atoms with Crippen molar-refractivity contribution in [1.29, 1.82) is 0 Å². The highest BCUT2D eigenvalue weighted by Gasteiger charge is 2.31. The summed E-state index contributed by atoms with van der Waals surface area (Å²) in [5.74, 6) is -0.282. The second-order valence-corrected chi connectivity index (χ2v) is 10.9. The van der Waals surface area contributed by atoms with Gasteiger partial charge in [0, 0.05) is 32.0 Å². The molecule has 2 aliphatic rings. The van der Waals surface area contributed by atoms with E-state index in [2.05, 4.69) is 30.4 Å². The third-order valence-electron chi connectivity index (χ3n) is 6.64. The summed E-state index contributed by atoms with van der Waals surface area (Å²) in [5.41, 5.74) is 5.86. The van der Waals surface area contributed by atoms with Crippen LogP contribution >= 0.6 is 20.6 Å². The van der Waals surface area contributed by atoms with Gasteiger partial charge in [-0.15, -0.1) is 11.3 Å². The number of ether oxygens (including phenoxy) is 1. The third-order valence-corrected chi connectivity index (χ3v) is 8.30. The first-order valence-corrected chi connectivity index (χ1v) is 13.2. The smallest absolute Gasteiger partial charge is 0.346 e. The molecule has 2 unspecified atom stereocenters. The van der Waals surface area contributed by atoms with E-state index >= 15 is 0 Å². The summed E-state index contributed by atoms with van der Waals surface area (Å²) in [6.07, 6.45) is 3.26. The molecule has 0 amide bonds. The number of aryl methyl sites for hydroxylation is 1. The maximum atomic E-state index is 11.3. The second-order valence-electron chi connectivity index (χ2n) is 9.23. The summed E-state index contributed by atoms with van der Waals surface area (Å²) in [4.78, 5) is 20.9. The molecule has 0 bridgehead atoms. The Morgan fingerprint density at radius 3 is 2.86 bits per heavy atom. The van der Waals surface area contributed by atoms with Gasteiger partial charge in [0.05, 0.1) is 11.4 Å². The third kappa shape index (κ3) is 5.14. The van der Waals surface area contributed by atoms with Crippen LogP contribution < -0.4 is 25.7 Å². The van der Waals surface area contributed by atoms with Crippen LogP contribution in [0.15, 0.2) is 42.5 Å². The average molecular weight is 518 g/mol. The minimum atomic E-state index is -0.883. The van der Waals surface area contributed by atoms with Gasteiger partial charge < -0.3 is 20.1 Å². The van der Waals surface area contributed by atoms with Gasteiger partial charge in [-0.3, -0.25) is 4.90 Å². The van der Waals surface area contributed by atoms with E-state index in [9.17, 15) is 9.90 Å². The Kier molecular flexibility index (Phi) is 7.06. The minimum Gasteiger partial charge on any atom is -0.477 e. The molecule has 0 spiro atoms. The van der Waals surface area contributed by atoms with Crippen LogP contribution in [-0.2, 0) is 6.61 Å². The van der Waals surface area contributed by atoms with Crippen LogP contribution in [0, 0.1) is 6.92 Å². The van der Waals surface area contributed by atoms with Gasteiger partial charge in [-0.25, -0.2) is 9.78 Å². The van der Waals surface area contributed by atoms with E-state index in [4.69, 9.17) is 17.6 Å². The molecule has 2 radical (unpaired) electrons. The van der Waals surface area contributed by atoms with E-state index < -0.39 is 5.97 Å². The van der Waals surface area contributed by atoms with E-state index in [0.29, 0.717) is 17.4 Å². The second kappa shape index (κ2) is 10.2. The van der Waals surface area contributed by atoms with Crippen molar-refractivity contribution >= 4 is 61.4 Å². The zero-order valence-corrected chi connectivity index (χ0v) is 22.3. The van der Waals surface area contributed by atoms with Gasteiger partial charge >= 0.3 is 5.97 Å². The van der Waals surface area contributed by atoms with Crippen molar-refractivity contribution in [2.45, 2.75) is 26.1 Å². The number of carbonyl (C=O) groups is 1. The van der Waals surface area contributed by atoms with Gasteiger partial charge in [0.1, 0.15) is 30.5 Å². The normalized spacial score (nSPS) is 17.5. The Labute approximate surface area is 218 Å². The lowest BCUT2D eigenvalue weighted by atomic mass is 9.89. The van der Waals surface area contributed by atoms with E-state index in [1.807, 2.05) is 44.3 Å². The van der Waals surface area contributed by atoms with Crippen LogP contribution in [0.5, 0.6) is 5.88 Å². The lowest BCUT2D eigenvalue weighted by Gasteiger charge is -2.31. The molecular weight excluding hydrogens is 490 g/mol. The topological polar surface area (TPSA) is 77.9 Å². The summed E-state index contributed by atoms with van der Waals surface area (Å²) >= 11 is 1.31. The molecule has 5 rings (SSSR count). The Morgan fingerprint density at radius 2 is 2.17 bits per heavy atom. The van der Waals surface area contributed by atoms with Gasteiger partial charge in [-0.1, -0.05) is 44.5 Å². The van der Waals surface area contributed by atoms with Crippen molar-refractivity contribution in [2.75, 3.05) is 36.9 Å². The number of nitrogens with one attached hydrogen (secondary N) is 1. The monoisotopic (exact) mass is 518 g/mol. The Hall–Kier alpha value is -2.87. The highest BCUT2D eigenvalue weighted by molar-refractivity contribution is 7.27. The molecule has 2 aliphatic heterocycles. The first-order chi connectivity index (χ1) is 17.3. The number of thiophene rings is 1. The standard InChI is InChI=1S/C26H28BN4O3PS/c1-15-3-4-17(18(27)11-15)14-34-24-21(35)6-5-19(29-24)16-7-9-31(10-8-16)13-23-28-20-12-22(26(32)33)36-25(20)30(23)2/h3-7,11-12,23,28H,8-10,13-14,35H2,1-2H3,(H,32,33). The molecule has 0 saturated heterocycles. The lowest BCUT2D eigenvalue weighted by molar-refractivity contribution is 0.0702. The number of carboxylic acids is 1. The molecule has 184 valence electrons. The lowest BCUT2D eigenvalue weighted by Crippen LogP contribution is -2.44. The van der Waals surface area contributed by atoms with Crippen LogP contribution in [0.25, 0.3) is 5.57 Å². The summed E-state index contributed by atoms with van der Waals surface area (Å²) in [6, 6.07) is 11.8. The number of aromatic nitrogens is 1. The fraction of sp³-hybridized carbons (Fsp3) is 0.308. The van der Waals surface area contributed by atoms with Gasteiger partial charge in [0.15, 0.2) is 0 Å². The van der Waals surface area contributed by atoms with Crippen LogP contribution in [0.4, 0.5) is 10.7 Å². The van der Waals surface area contributed by atoms with Gasteiger partial charge in [0.2, 0.25) is 5.88 Å². The zero-order valence-electron chi connectivity index (χ0n) is 20.3. The molecule has 2 atom stereocenters. The molecule has 0 aliphatic carbocycles. The number of hydrogen-bond donors (Lipinski definition) is 2. The van der Waals surface area contributed by atoms with Crippen molar-refractivity contribution in [3.63, 3.8) is 0 Å². The fourth-order valence-electron chi connectivity index (χ4n) is 4.53. The number of likely N-dealkylation sites (N-methyl/N-ethyl adjacent to an activating group) is 1. The molecule has 10 heteroatoms. The molecule has 1 aromatic carbocycles. The minimum absolute atomic E-state index is 0.118. The Bertz CT molecular complexity index is 1340. The van der Waals surface area contributed by atoms with E-state index in [-0.39, 0.29) is 6.17 Å². The molecule has 4 heterocycles. The Balaban J connectivity index is 1.20. The van der Waals surface area contributed by atoms with Crippen molar-refractivity contribution in [1.82, 2.24) is 9.88 Å². The number of benzene rings is 1. The number of carboxylic acid groups (broad SMARTS) is 1. The van der Waals surface area contributed by atoms with Crippen LogP contribution in [0.1, 0.15) is 32.9 Å². The Morgan fingerprint density at radius 1 is 1.33 bits per heavy atom. The number of rotatable bonds is 7. The molecule has 7 nitrogen and oxygen atoms in total. The molecule has 2 N–H and O–H groups in total. The fourth-order valence-corrected chi connectivity index (χ4v) is 5.75. The van der Waals surface area contributed by atoms with Crippen LogP contribution in [0.3, 0.4) is 0 Å². The molecule has 0 saturated carbocycles. The van der Waals surface area contributed by atoms with Crippen molar-refractivity contribution < 1.29 is 14.6 Å². The highest BCUT2D eigenvalue weighted by atomic mass is 32.1. The number of hydrogen-bond acceptors (Lipinski definition) is 7. The van der Waals surface area contributed by atoms with E-state index in [1.54, 1.807) is 6.07 Å². The zero-order chi connectivity index (χ0) is 25.4. The summed E-state index contributed by atoms with van der Waals surface area (Å²) < 4.78 is 6.04. The van der Waals surface area contributed by atoms with Crippen LogP contribution in [-0.4, -0.2) is 61.7 Å². The number of nitrogens with zero attached hydrogens (tertiary/aromatic N) is 3. The first-order valence-electron chi connectivity index (χ1n) is 11.8. The van der Waals surface area contributed by atoms with Crippen LogP contribution in [0.2, 0.25) is 0 Å². The molecule has 2 aromatic heterocycles. The van der Waals surface area contributed by atoms with Gasteiger partial charge in [-0.05, 0) is 42.7 Å². The highest BCUT2D eigenvalue weighted by Crippen LogP contribution is 2.41. The first kappa shape index (κ1) is 24.8. The van der Waals surface area contributed by atoms with Crippen molar-refractivity contribution in [3.8, 4) is 5.88 Å². The average Bonchev–Trinajstić information content (AvgIpc) is 3.40. The SMILES string of the molecule is [B]c1cc(C)ccc1COc1nc(C2=CCN(CC3Nc4cc(C(=O)O)sc4N3C)CC2)ccc1P. The molecular formula is C26H28BN4O3PS. The number of pyridine rings is 1. The van der Waals surface area contributed by atoms with Crippen molar-refractivity contribution in [3.05, 3.63) is 64.2 Å². The molecule has 36 heavy (non-hydrogen) atoms.